The predicted octanol–water partition coefficient (Wildman–Crippen LogP) is 3.80. The van der Waals surface area contributed by atoms with Gasteiger partial charge < -0.3 is 15.0 Å². The number of anilines is 1. The molecule has 3 rings (SSSR count). The summed E-state index contributed by atoms with van der Waals surface area (Å²) in [4.78, 5) is 26.7. The molecular formula is C25H37N5O2S. The average molecular weight is 472 g/mol. The minimum Gasteiger partial charge on any atom is -0.379 e. The molecule has 1 aliphatic heterocycles. The van der Waals surface area contributed by atoms with Gasteiger partial charge in [-0.2, -0.15) is 0 Å². The molecule has 33 heavy (non-hydrogen) atoms. The van der Waals surface area contributed by atoms with Crippen LogP contribution in [0.25, 0.3) is 0 Å². The Morgan fingerprint density at radius 2 is 2.03 bits per heavy atom. The lowest BCUT2D eigenvalue weighted by Crippen LogP contribution is -2.41. The number of nitrogens with zero attached hydrogens (tertiary/aromatic N) is 4. The monoisotopic (exact) mass is 471 g/mol. The predicted molar refractivity (Wildman–Crippen MR) is 135 cm³/mol. The number of nitrogens with one attached hydrogen (secondary N) is 1. The van der Waals surface area contributed by atoms with Gasteiger partial charge in [-0.05, 0) is 30.0 Å². The molecule has 7 nitrogen and oxygen atoms in total. The van der Waals surface area contributed by atoms with Gasteiger partial charge >= 0.3 is 0 Å². The lowest BCUT2D eigenvalue weighted by molar-refractivity contribution is 0.0383. The molecule has 1 saturated heterocycles. The van der Waals surface area contributed by atoms with Crippen LogP contribution in [-0.4, -0.2) is 73.8 Å². The molecule has 1 aliphatic rings. The summed E-state index contributed by atoms with van der Waals surface area (Å²) in [7, 11) is 2.07. The van der Waals surface area contributed by atoms with Crippen LogP contribution in [0.4, 0.5) is 5.82 Å². The number of hydrogen-bond acceptors (Lipinski definition) is 7. The molecule has 0 saturated carbocycles. The molecule has 1 fully saturated rings. The number of ether oxygens (including phenoxy) is 1. The molecule has 0 radical (unpaired) electrons. The van der Waals surface area contributed by atoms with Crippen molar-refractivity contribution in [3.05, 3.63) is 47.2 Å². The number of thioether (sulfide) groups is 1. The zero-order chi connectivity index (χ0) is 23.6. The topological polar surface area (TPSA) is 70.6 Å². The van der Waals surface area contributed by atoms with Crippen molar-refractivity contribution in [1.29, 1.82) is 0 Å². The highest BCUT2D eigenvalue weighted by molar-refractivity contribution is 7.98. The maximum atomic E-state index is 12.6. The Bertz CT molecular complexity index is 902. The molecular weight excluding hydrogens is 434 g/mol. The lowest BCUT2D eigenvalue weighted by atomic mass is 10.1. The fourth-order valence-corrected chi connectivity index (χ4v) is 4.44. The molecule has 0 unspecified atom stereocenters. The standard InChI is InChI=1S/C25H37N5O2S/c1-5-10-29(4)23-17-22(19(2)3)27-25(28-23)33-18-20-7-6-8-21(16-20)24(31)26-9-11-30-12-14-32-15-13-30/h6-8,16-17,19H,5,9-15,18H2,1-4H3,(H,26,31). The summed E-state index contributed by atoms with van der Waals surface area (Å²) in [5.74, 6) is 1.99. The Kier molecular flexibility index (Phi) is 9.96. The molecule has 0 aliphatic carbocycles. The van der Waals surface area contributed by atoms with Gasteiger partial charge in [-0.1, -0.05) is 44.7 Å². The third-order valence-electron chi connectivity index (χ3n) is 5.63. The Labute approximate surface area is 202 Å². The van der Waals surface area contributed by atoms with Crippen molar-refractivity contribution < 1.29 is 9.53 Å². The van der Waals surface area contributed by atoms with Crippen LogP contribution in [0.1, 0.15) is 54.7 Å². The summed E-state index contributed by atoms with van der Waals surface area (Å²) in [6.07, 6.45) is 1.07. The Morgan fingerprint density at radius 1 is 1.24 bits per heavy atom. The zero-order valence-electron chi connectivity index (χ0n) is 20.3. The van der Waals surface area contributed by atoms with Gasteiger partial charge in [0.15, 0.2) is 5.16 Å². The van der Waals surface area contributed by atoms with E-state index in [0.29, 0.717) is 23.8 Å². The van der Waals surface area contributed by atoms with Gasteiger partial charge in [-0.25, -0.2) is 9.97 Å². The molecule has 8 heteroatoms. The van der Waals surface area contributed by atoms with E-state index >= 15 is 0 Å². The first kappa shape index (κ1) is 25.5. The van der Waals surface area contributed by atoms with E-state index in [1.165, 1.54) is 0 Å². The van der Waals surface area contributed by atoms with Gasteiger partial charge in [-0.3, -0.25) is 9.69 Å². The van der Waals surface area contributed by atoms with Crippen LogP contribution in [0.5, 0.6) is 0 Å². The number of hydrogen-bond donors (Lipinski definition) is 1. The fourth-order valence-electron chi connectivity index (χ4n) is 3.64. The van der Waals surface area contributed by atoms with Gasteiger partial charge in [0.25, 0.3) is 5.91 Å². The van der Waals surface area contributed by atoms with E-state index in [2.05, 4.69) is 49.0 Å². The molecule has 1 aromatic heterocycles. The first-order valence-corrected chi connectivity index (χ1v) is 12.8. The van der Waals surface area contributed by atoms with Gasteiger partial charge in [-0.15, -0.1) is 0 Å². The summed E-state index contributed by atoms with van der Waals surface area (Å²) in [5, 5.41) is 3.82. The Hall–Kier alpha value is -2.16. The highest BCUT2D eigenvalue weighted by atomic mass is 32.2. The van der Waals surface area contributed by atoms with Crippen LogP contribution < -0.4 is 10.2 Å². The molecule has 180 valence electrons. The summed E-state index contributed by atoms with van der Waals surface area (Å²) < 4.78 is 5.37. The molecule has 1 amide bonds. The lowest BCUT2D eigenvalue weighted by Gasteiger charge is -2.26. The van der Waals surface area contributed by atoms with Crippen LogP contribution in [0.2, 0.25) is 0 Å². The largest absolute Gasteiger partial charge is 0.379 e. The maximum absolute atomic E-state index is 12.6. The van der Waals surface area contributed by atoms with E-state index in [-0.39, 0.29) is 5.91 Å². The van der Waals surface area contributed by atoms with Crippen LogP contribution in [0.3, 0.4) is 0 Å². The van der Waals surface area contributed by atoms with E-state index in [9.17, 15) is 4.79 Å². The maximum Gasteiger partial charge on any atom is 0.251 e. The van der Waals surface area contributed by atoms with Gasteiger partial charge in [0.1, 0.15) is 5.82 Å². The average Bonchev–Trinajstić information content (AvgIpc) is 2.83. The molecule has 1 N–H and O–H groups in total. The number of rotatable bonds is 11. The second kappa shape index (κ2) is 12.9. The Morgan fingerprint density at radius 3 is 2.76 bits per heavy atom. The van der Waals surface area contributed by atoms with Crippen molar-refractivity contribution in [2.75, 3.05) is 57.9 Å². The summed E-state index contributed by atoms with van der Waals surface area (Å²) in [5.41, 5.74) is 2.83. The van der Waals surface area contributed by atoms with E-state index < -0.39 is 0 Å². The zero-order valence-corrected chi connectivity index (χ0v) is 21.2. The normalized spacial score (nSPS) is 14.5. The molecule has 0 spiro atoms. The van der Waals surface area contributed by atoms with Crippen LogP contribution in [0.15, 0.2) is 35.5 Å². The van der Waals surface area contributed by atoms with E-state index in [1.807, 2.05) is 24.3 Å². The minimum atomic E-state index is -0.0309. The SMILES string of the molecule is CCCN(C)c1cc(C(C)C)nc(SCc2cccc(C(=O)NCCN3CCOCC3)c2)n1. The first-order chi connectivity index (χ1) is 16.0. The molecule has 2 aromatic rings. The third-order valence-corrected chi connectivity index (χ3v) is 6.55. The van der Waals surface area contributed by atoms with Crippen LogP contribution in [0, 0.1) is 0 Å². The minimum absolute atomic E-state index is 0.0309. The first-order valence-electron chi connectivity index (χ1n) is 11.9. The molecule has 0 bridgehead atoms. The number of amides is 1. The second-order valence-corrected chi connectivity index (χ2v) is 9.65. The van der Waals surface area contributed by atoms with Gasteiger partial charge in [0.2, 0.25) is 0 Å². The highest BCUT2D eigenvalue weighted by Gasteiger charge is 2.13. The summed E-state index contributed by atoms with van der Waals surface area (Å²) in [6.45, 7) is 12.3. The summed E-state index contributed by atoms with van der Waals surface area (Å²) >= 11 is 1.61. The number of carbonyl (C=O) groups excluding carboxylic acids is 1. The number of morpholine rings is 1. The quantitative estimate of drug-likeness (QED) is 0.395. The smallest absolute Gasteiger partial charge is 0.251 e. The number of aromatic nitrogens is 2. The van der Waals surface area contributed by atoms with E-state index in [0.717, 1.165) is 68.0 Å². The van der Waals surface area contributed by atoms with Crippen molar-refractivity contribution in [2.24, 2.45) is 0 Å². The fraction of sp³-hybridized carbons (Fsp3) is 0.560. The van der Waals surface area contributed by atoms with Crippen LogP contribution >= 0.6 is 11.8 Å². The van der Waals surface area contributed by atoms with Crippen molar-refractivity contribution in [2.45, 2.75) is 44.0 Å². The van der Waals surface area contributed by atoms with Gasteiger partial charge in [0.05, 0.1) is 13.2 Å². The highest BCUT2D eigenvalue weighted by Crippen LogP contribution is 2.25. The van der Waals surface area contributed by atoms with E-state index in [4.69, 9.17) is 14.7 Å². The van der Waals surface area contributed by atoms with Crippen molar-refractivity contribution in [3.63, 3.8) is 0 Å². The Balaban J connectivity index is 1.59. The number of carbonyl (C=O) groups is 1. The molecule has 0 atom stereocenters. The van der Waals surface area contributed by atoms with Crippen molar-refractivity contribution in [3.8, 4) is 0 Å². The van der Waals surface area contributed by atoms with E-state index in [1.54, 1.807) is 11.8 Å². The van der Waals surface area contributed by atoms with Crippen molar-refractivity contribution in [1.82, 2.24) is 20.2 Å². The van der Waals surface area contributed by atoms with Crippen LogP contribution in [-0.2, 0) is 10.5 Å². The number of benzene rings is 1. The second-order valence-electron chi connectivity index (χ2n) is 8.71. The summed E-state index contributed by atoms with van der Waals surface area (Å²) in [6, 6.07) is 9.91. The van der Waals surface area contributed by atoms with Gasteiger partial charge in [0, 0.05) is 62.8 Å². The molecule has 2 heterocycles. The third kappa shape index (κ3) is 7.98. The van der Waals surface area contributed by atoms with Crippen molar-refractivity contribution >= 4 is 23.5 Å². The molecule has 1 aromatic carbocycles.